The Morgan fingerprint density at radius 1 is 1.50 bits per heavy atom. The van der Waals surface area contributed by atoms with Gasteiger partial charge in [0.2, 0.25) is 0 Å². The highest BCUT2D eigenvalue weighted by Crippen LogP contribution is 2.26. The summed E-state index contributed by atoms with van der Waals surface area (Å²) in [5.74, 6) is -0.102. The molecule has 6 heteroatoms. The lowest BCUT2D eigenvalue weighted by Crippen LogP contribution is -1.96. The first-order valence-electron chi connectivity index (χ1n) is 5.14. The molecule has 0 aliphatic carbocycles. The lowest BCUT2D eigenvalue weighted by atomic mass is 10.2. The van der Waals surface area contributed by atoms with Gasteiger partial charge in [0.1, 0.15) is 12.4 Å². The summed E-state index contributed by atoms with van der Waals surface area (Å²) in [6, 6.07) is 7.01. The molecular formula is C12H10BrNO4. The molecule has 94 valence electrons. The molecular weight excluding hydrogens is 302 g/mol. The standard InChI is InChI=1S/C12H10BrNO4/c1-7-2-3-11(9(13)4-7)17-6-8-5-10(12(15)16)14-18-8/h2-5H,6H2,1H3,(H,15,16). The van der Waals surface area contributed by atoms with Crippen LogP contribution in [0.4, 0.5) is 0 Å². The van der Waals surface area contributed by atoms with Gasteiger partial charge in [-0.2, -0.15) is 0 Å². The van der Waals surface area contributed by atoms with E-state index in [1.54, 1.807) is 0 Å². The SMILES string of the molecule is Cc1ccc(OCc2cc(C(=O)O)no2)c(Br)c1. The van der Waals surface area contributed by atoms with Gasteiger partial charge in [-0.15, -0.1) is 0 Å². The molecule has 1 N–H and O–H groups in total. The summed E-state index contributed by atoms with van der Waals surface area (Å²) in [5.41, 5.74) is 0.985. The lowest BCUT2D eigenvalue weighted by Gasteiger charge is -2.06. The van der Waals surface area contributed by atoms with E-state index in [0.717, 1.165) is 10.0 Å². The number of hydrogen-bond acceptors (Lipinski definition) is 4. The summed E-state index contributed by atoms with van der Waals surface area (Å²) >= 11 is 3.38. The Labute approximate surface area is 111 Å². The molecule has 1 aromatic carbocycles. The maximum atomic E-state index is 10.6. The number of carboxylic acid groups (broad SMARTS) is 1. The molecule has 2 aromatic rings. The van der Waals surface area contributed by atoms with Gasteiger partial charge in [0.15, 0.2) is 11.5 Å². The lowest BCUT2D eigenvalue weighted by molar-refractivity contribution is 0.0685. The first-order valence-corrected chi connectivity index (χ1v) is 5.93. The third-order valence-corrected chi connectivity index (χ3v) is 2.86. The van der Waals surface area contributed by atoms with Crippen LogP contribution in [0.25, 0.3) is 0 Å². The number of aromatic nitrogens is 1. The molecule has 0 aliphatic rings. The van der Waals surface area contributed by atoms with E-state index in [1.807, 2.05) is 25.1 Å². The van der Waals surface area contributed by atoms with E-state index in [-0.39, 0.29) is 12.3 Å². The van der Waals surface area contributed by atoms with Crippen LogP contribution >= 0.6 is 15.9 Å². The fourth-order valence-corrected chi connectivity index (χ4v) is 1.96. The zero-order valence-electron chi connectivity index (χ0n) is 9.51. The van der Waals surface area contributed by atoms with Crippen LogP contribution in [0.1, 0.15) is 21.8 Å². The van der Waals surface area contributed by atoms with E-state index < -0.39 is 5.97 Å². The van der Waals surface area contributed by atoms with E-state index in [9.17, 15) is 4.79 Å². The molecule has 18 heavy (non-hydrogen) atoms. The monoisotopic (exact) mass is 311 g/mol. The van der Waals surface area contributed by atoms with Crippen LogP contribution in [-0.2, 0) is 6.61 Å². The second-order valence-electron chi connectivity index (χ2n) is 3.71. The first-order chi connectivity index (χ1) is 8.56. The fourth-order valence-electron chi connectivity index (χ4n) is 1.35. The Bertz CT molecular complexity index is 579. The van der Waals surface area contributed by atoms with E-state index in [1.165, 1.54) is 6.07 Å². The second kappa shape index (κ2) is 5.22. The zero-order chi connectivity index (χ0) is 13.1. The Kier molecular flexibility index (Phi) is 3.66. The summed E-state index contributed by atoms with van der Waals surface area (Å²) in [6.07, 6.45) is 0. The molecule has 1 aromatic heterocycles. The van der Waals surface area contributed by atoms with Gasteiger partial charge in [0.05, 0.1) is 4.47 Å². The highest BCUT2D eigenvalue weighted by atomic mass is 79.9. The smallest absolute Gasteiger partial charge is 0.358 e. The van der Waals surface area contributed by atoms with Gasteiger partial charge in [-0.25, -0.2) is 4.79 Å². The van der Waals surface area contributed by atoms with Gasteiger partial charge in [-0.3, -0.25) is 0 Å². The van der Waals surface area contributed by atoms with Crippen LogP contribution < -0.4 is 4.74 Å². The second-order valence-corrected chi connectivity index (χ2v) is 4.56. The summed E-state index contributed by atoms with van der Waals surface area (Å²) in [6.45, 7) is 2.10. The summed E-state index contributed by atoms with van der Waals surface area (Å²) in [7, 11) is 0. The van der Waals surface area contributed by atoms with Crippen molar-refractivity contribution in [2.24, 2.45) is 0 Å². The molecule has 0 amide bonds. The molecule has 0 saturated carbocycles. The van der Waals surface area contributed by atoms with Crippen molar-refractivity contribution in [1.82, 2.24) is 5.16 Å². The summed E-state index contributed by atoms with van der Waals surface area (Å²) < 4.78 is 11.2. The van der Waals surface area contributed by atoms with Gasteiger partial charge < -0.3 is 14.4 Å². The minimum Gasteiger partial charge on any atom is -0.484 e. The number of nitrogens with zero attached hydrogens (tertiary/aromatic N) is 1. The Morgan fingerprint density at radius 3 is 2.89 bits per heavy atom. The number of benzene rings is 1. The number of halogens is 1. The molecule has 0 fully saturated rings. The average Bonchev–Trinajstić information content (AvgIpc) is 2.76. The Morgan fingerprint density at radius 2 is 2.28 bits per heavy atom. The molecule has 0 aliphatic heterocycles. The van der Waals surface area contributed by atoms with E-state index in [0.29, 0.717) is 11.5 Å². The molecule has 0 unspecified atom stereocenters. The summed E-state index contributed by atoms with van der Waals surface area (Å²) in [5, 5.41) is 12.1. The fraction of sp³-hybridized carbons (Fsp3) is 0.167. The third-order valence-electron chi connectivity index (χ3n) is 2.24. The zero-order valence-corrected chi connectivity index (χ0v) is 11.1. The molecule has 5 nitrogen and oxygen atoms in total. The number of carboxylic acids is 1. The quantitative estimate of drug-likeness (QED) is 0.939. The number of aryl methyl sites for hydroxylation is 1. The van der Waals surface area contributed by atoms with Crippen molar-refractivity contribution in [1.29, 1.82) is 0 Å². The van der Waals surface area contributed by atoms with E-state index >= 15 is 0 Å². The highest BCUT2D eigenvalue weighted by Gasteiger charge is 2.11. The molecule has 0 atom stereocenters. The van der Waals surface area contributed by atoms with Crippen LogP contribution in [0, 0.1) is 6.92 Å². The maximum absolute atomic E-state index is 10.6. The summed E-state index contributed by atoms with van der Waals surface area (Å²) in [4.78, 5) is 10.6. The third kappa shape index (κ3) is 2.89. The normalized spacial score (nSPS) is 10.3. The predicted molar refractivity (Wildman–Crippen MR) is 66.7 cm³/mol. The van der Waals surface area contributed by atoms with Gasteiger partial charge in [0.25, 0.3) is 0 Å². The van der Waals surface area contributed by atoms with Crippen molar-refractivity contribution in [2.45, 2.75) is 13.5 Å². The Balaban J connectivity index is 2.04. The molecule has 2 rings (SSSR count). The number of ether oxygens (including phenoxy) is 1. The molecule has 0 spiro atoms. The van der Waals surface area contributed by atoms with Crippen LogP contribution in [-0.4, -0.2) is 16.2 Å². The molecule has 0 radical (unpaired) electrons. The van der Waals surface area contributed by atoms with Crippen molar-refractivity contribution in [3.05, 3.63) is 45.8 Å². The van der Waals surface area contributed by atoms with Gasteiger partial charge >= 0.3 is 5.97 Å². The minimum atomic E-state index is -1.12. The van der Waals surface area contributed by atoms with Crippen molar-refractivity contribution in [3.8, 4) is 5.75 Å². The molecule has 0 bridgehead atoms. The van der Waals surface area contributed by atoms with E-state index in [4.69, 9.17) is 14.4 Å². The number of rotatable bonds is 4. The highest BCUT2D eigenvalue weighted by molar-refractivity contribution is 9.10. The van der Waals surface area contributed by atoms with Crippen molar-refractivity contribution in [3.63, 3.8) is 0 Å². The Hall–Kier alpha value is -1.82. The van der Waals surface area contributed by atoms with Gasteiger partial charge in [-0.05, 0) is 40.5 Å². The van der Waals surface area contributed by atoms with Gasteiger partial charge in [-0.1, -0.05) is 11.2 Å². The first kappa shape index (κ1) is 12.6. The molecule has 0 saturated heterocycles. The number of hydrogen-bond donors (Lipinski definition) is 1. The topological polar surface area (TPSA) is 72.6 Å². The predicted octanol–water partition coefficient (Wildman–Crippen LogP) is 3.02. The van der Waals surface area contributed by atoms with Crippen LogP contribution in [0.2, 0.25) is 0 Å². The van der Waals surface area contributed by atoms with Crippen molar-refractivity contribution < 1.29 is 19.2 Å². The number of aromatic carboxylic acids is 1. The van der Waals surface area contributed by atoms with Gasteiger partial charge in [0, 0.05) is 6.07 Å². The number of carbonyl (C=O) groups is 1. The maximum Gasteiger partial charge on any atom is 0.358 e. The van der Waals surface area contributed by atoms with Crippen molar-refractivity contribution >= 4 is 21.9 Å². The van der Waals surface area contributed by atoms with Crippen molar-refractivity contribution in [2.75, 3.05) is 0 Å². The largest absolute Gasteiger partial charge is 0.484 e. The average molecular weight is 312 g/mol. The minimum absolute atomic E-state index is 0.127. The van der Waals surface area contributed by atoms with Crippen LogP contribution in [0.3, 0.4) is 0 Å². The van der Waals surface area contributed by atoms with Crippen LogP contribution in [0.5, 0.6) is 5.75 Å². The van der Waals surface area contributed by atoms with Crippen LogP contribution in [0.15, 0.2) is 33.3 Å². The van der Waals surface area contributed by atoms with E-state index in [2.05, 4.69) is 21.1 Å². The molecule has 1 heterocycles.